The smallest absolute Gasteiger partial charge is 0.182 e. The summed E-state index contributed by atoms with van der Waals surface area (Å²) in [7, 11) is 0. The average molecular weight is 1770 g/mol. The molecule has 646 valence electrons. The van der Waals surface area contributed by atoms with Gasteiger partial charge in [0.25, 0.3) is 0 Å². The molecule has 13 heteroatoms. The first-order valence-electron chi connectivity index (χ1n) is 46.5. The third kappa shape index (κ3) is 13.9. The number of aromatic nitrogens is 13. The van der Waals surface area contributed by atoms with Gasteiger partial charge in [0.15, 0.2) is 17.5 Å². The van der Waals surface area contributed by atoms with Crippen LogP contribution in [0.5, 0.6) is 0 Å². The van der Waals surface area contributed by atoms with Crippen LogP contribution >= 0.6 is 0 Å². The molecule has 13 nitrogen and oxygen atoms in total. The molecule has 0 amide bonds. The molecule has 11 aromatic heterocycles. The van der Waals surface area contributed by atoms with Crippen molar-refractivity contribution in [1.29, 1.82) is 0 Å². The molecule has 0 unspecified atom stereocenters. The molecule has 0 atom stereocenters. The first-order chi connectivity index (χ1) is 68.5. The van der Waals surface area contributed by atoms with Crippen molar-refractivity contribution in [2.24, 2.45) is 0 Å². The Morgan fingerprint density at radius 1 is 0.116 bits per heavy atom. The maximum absolute atomic E-state index is 5.27. The molecule has 0 aliphatic rings. The average Bonchev–Trinajstić information content (AvgIpc) is 1.56. The Kier molecular flexibility index (Phi) is 19.6. The highest BCUT2D eigenvalue weighted by molar-refractivity contribution is 6.22. The van der Waals surface area contributed by atoms with Crippen molar-refractivity contribution in [1.82, 2.24) is 62.3 Å². The zero-order valence-corrected chi connectivity index (χ0v) is 74.6. The molecule has 0 radical (unpaired) electrons. The van der Waals surface area contributed by atoms with Gasteiger partial charge >= 0.3 is 0 Å². The van der Waals surface area contributed by atoms with Gasteiger partial charge in [0, 0.05) is 104 Å². The van der Waals surface area contributed by atoms with Crippen molar-refractivity contribution in [3.63, 3.8) is 0 Å². The van der Waals surface area contributed by atoms with E-state index in [1.807, 2.05) is 109 Å². The standard InChI is InChI=1S/C44H28N6.C41H27N3.C40H26N4/c1-4-15-29(16-5-1)42-46-43(30-17-6-2-7-18-30)48-44(47-42)36-23-14-26-41(45-36)50-38-25-13-11-22-33(38)35-27-39-34(28-40(35)50)32-21-10-12-24-37(32)49(39)31-19-8-3-9-20-31;1-3-13-28(14-4-1)29-15-11-16-30(25-29)36-21-12-24-41(42-36)44-38-23-10-8-20-33(38)35-26-39-34(27-40(35)44)32-19-7-9-22-37(32)43(39)31-17-5-2-6-18-31;1-3-13-27(14-4-1)33-19-11-20-34(41-33)35-21-12-24-40(42-35)44-37-23-10-8-18-30(37)32-25-38-31(26-39(32)44)29-17-7-9-22-36(29)43(38)28-15-5-2-6-16-28/h1-28H;1-27H;1-26H. The summed E-state index contributed by atoms with van der Waals surface area (Å²) in [5.41, 5.74) is 28.0. The van der Waals surface area contributed by atoms with E-state index in [4.69, 9.17) is 34.9 Å². The summed E-state index contributed by atoms with van der Waals surface area (Å²) in [6.07, 6.45) is 0. The van der Waals surface area contributed by atoms with E-state index in [1.54, 1.807) is 0 Å². The number of rotatable bonds is 13. The third-order valence-corrected chi connectivity index (χ3v) is 26.6. The predicted octanol–water partition coefficient (Wildman–Crippen LogP) is 31.1. The van der Waals surface area contributed by atoms with E-state index in [9.17, 15) is 0 Å². The number of fused-ring (bicyclic) bond motifs is 18. The predicted molar refractivity (Wildman–Crippen MR) is 568 cm³/mol. The monoisotopic (exact) mass is 1760 g/mol. The molecule has 138 heavy (non-hydrogen) atoms. The SMILES string of the molecule is c1ccc(-c2cccc(-c3cccc(-n4c5ccccc5c5cc6c(cc54)c4ccccc4n6-c4ccccc4)n3)c2)cc1.c1ccc(-c2cccc(-c3cccc(-n4c5ccccc5c5cc6c(cc54)c4ccccc4n6-c4ccccc4)n3)n2)cc1.c1ccc(-c2nc(-c3ccccc3)nc(-c3cccc(-n4c5ccccc5c5cc6c(cc54)c4ccccc4n6-c4ccccc4)n3)n2)cc1. The van der Waals surface area contributed by atoms with Gasteiger partial charge in [0.05, 0.1) is 89.0 Å². The normalized spacial score (nSPS) is 11.6. The Labute approximate surface area is 793 Å². The molecule has 0 saturated carbocycles. The van der Waals surface area contributed by atoms with Crippen LogP contribution in [0.1, 0.15) is 0 Å². The van der Waals surface area contributed by atoms with Crippen molar-refractivity contribution < 1.29 is 0 Å². The van der Waals surface area contributed by atoms with E-state index in [0.29, 0.717) is 23.2 Å². The summed E-state index contributed by atoms with van der Waals surface area (Å²) in [5.74, 6) is 4.31. The Morgan fingerprint density at radius 2 is 0.348 bits per heavy atom. The minimum absolute atomic E-state index is 0.522. The van der Waals surface area contributed by atoms with E-state index in [0.717, 1.165) is 118 Å². The summed E-state index contributed by atoms with van der Waals surface area (Å²) in [5, 5.41) is 14.5. The van der Waals surface area contributed by atoms with Crippen molar-refractivity contribution in [3.8, 4) is 114 Å². The van der Waals surface area contributed by atoms with Crippen LogP contribution in [0.15, 0.2) is 491 Å². The first kappa shape index (κ1) is 80.0. The number of hydrogen-bond donors (Lipinski definition) is 0. The fourth-order valence-electron chi connectivity index (χ4n) is 20.4. The van der Waals surface area contributed by atoms with E-state index >= 15 is 0 Å². The van der Waals surface area contributed by atoms with Crippen LogP contribution < -0.4 is 0 Å². The summed E-state index contributed by atoms with van der Waals surface area (Å²) >= 11 is 0. The molecule has 0 aliphatic carbocycles. The lowest BCUT2D eigenvalue weighted by molar-refractivity contribution is 1.03. The van der Waals surface area contributed by atoms with Crippen LogP contribution in [-0.2, 0) is 0 Å². The van der Waals surface area contributed by atoms with Crippen molar-refractivity contribution in [2.75, 3.05) is 0 Å². The maximum atomic E-state index is 5.27. The minimum atomic E-state index is 0.522. The molecule has 0 fully saturated rings. The summed E-state index contributed by atoms with van der Waals surface area (Å²) in [6.45, 7) is 0. The summed E-state index contributed by atoms with van der Waals surface area (Å²) < 4.78 is 14.0. The molecular weight excluding hydrogens is 1680 g/mol. The van der Waals surface area contributed by atoms with Crippen LogP contribution in [0.3, 0.4) is 0 Å². The molecule has 28 aromatic rings. The zero-order chi connectivity index (χ0) is 91.1. The van der Waals surface area contributed by atoms with E-state index < -0.39 is 0 Å². The lowest BCUT2D eigenvalue weighted by Gasteiger charge is -2.11. The van der Waals surface area contributed by atoms with Gasteiger partial charge < -0.3 is 13.7 Å². The molecule has 11 heterocycles. The molecule has 0 bridgehead atoms. The quantitative estimate of drug-likeness (QED) is 0.113. The fourth-order valence-corrected chi connectivity index (χ4v) is 20.4. The molecule has 0 aliphatic heterocycles. The van der Waals surface area contributed by atoms with Crippen molar-refractivity contribution >= 4 is 131 Å². The Morgan fingerprint density at radius 3 is 0.710 bits per heavy atom. The largest absolute Gasteiger partial charge is 0.309 e. The lowest BCUT2D eigenvalue weighted by atomic mass is 10.0. The molecule has 0 spiro atoms. The zero-order valence-electron chi connectivity index (χ0n) is 74.6. The Hall–Kier alpha value is -18.9. The number of hydrogen-bond acceptors (Lipinski definition) is 7. The van der Waals surface area contributed by atoms with Gasteiger partial charge in [-0.2, -0.15) is 0 Å². The fraction of sp³-hybridized carbons (Fsp3) is 0. The molecular formula is C125H81N13. The Balaban J connectivity index is 0.000000107. The van der Waals surface area contributed by atoms with Crippen molar-refractivity contribution in [2.45, 2.75) is 0 Å². The van der Waals surface area contributed by atoms with Gasteiger partial charge in [0.2, 0.25) is 0 Å². The van der Waals surface area contributed by atoms with E-state index in [2.05, 4.69) is 410 Å². The first-order valence-corrected chi connectivity index (χ1v) is 46.5. The van der Waals surface area contributed by atoms with E-state index in [-0.39, 0.29) is 0 Å². The molecule has 28 rings (SSSR count). The number of nitrogens with zero attached hydrogens (tertiary/aromatic N) is 13. The number of benzene rings is 17. The van der Waals surface area contributed by atoms with Gasteiger partial charge in [-0.05, 0) is 175 Å². The van der Waals surface area contributed by atoms with Gasteiger partial charge in [-0.15, -0.1) is 0 Å². The minimum Gasteiger partial charge on any atom is -0.309 e. The molecule has 0 saturated heterocycles. The van der Waals surface area contributed by atoms with Gasteiger partial charge in [0.1, 0.15) is 23.1 Å². The van der Waals surface area contributed by atoms with E-state index in [1.165, 1.54) is 103 Å². The van der Waals surface area contributed by atoms with Gasteiger partial charge in [-0.1, -0.05) is 328 Å². The van der Waals surface area contributed by atoms with Gasteiger partial charge in [-0.3, -0.25) is 13.7 Å². The number of pyridine rings is 4. The highest BCUT2D eigenvalue weighted by Gasteiger charge is 2.26. The highest BCUT2D eigenvalue weighted by atomic mass is 15.1. The second-order valence-electron chi connectivity index (χ2n) is 34.7. The van der Waals surface area contributed by atoms with Gasteiger partial charge in [-0.25, -0.2) is 34.9 Å². The maximum Gasteiger partial charge on any atom is 0.182 e. The van der Waals surface area contributed by atoms with Crippen LogP contribution in [-0.4, -0.2) is 62.3 Å². The Bertz CT molecular complexity index is 9170. The second-order valence-corrected chi connectivity index (χ2v) is 34.7. The number of para-hydroxylation sites is 9. The van der Waals surface area contributed by atoms with Crippen LogP contribution in [0, 0.1) is 0 Å². The van der Waals surface area contributed by atoms with Crippen molar-refractivity contribution in [3.05, 3.63) is 491 Å². The molecule has 0 N–H and O–H groups in total. The third-order valence-electron chi connectivity index (χ3n) is 26.6. The summed E-state index contributed by atoms with van der Waals surface area (Å²) in [4.78, 5) is 35.5. The molecule has 17 aromatic carbocycles. The van der Waals surface area contributed by atoms with Crippen LogP contribution in [0.2, 0.25) is 0 Å². The summed E-state index contributed by atoms with van der Waals surface area (Å²) in [6, 6.07) is 172. The second kappa shape index (κ2) is 33.8. The lowest BCUT2D eigenvalue weighted by Crippen LogP contribution is -2.03. The topological polar surface area (TPSA) is 120 Å². The van der Waals surface area contributed by atoms with Crippen LogP contribution in [0.25, 0.3) is 245 Å². The van der Waals surface area contributed by atoms with Crippen LogP contribution in [0.4, 0.5) is 0 Å². The highest BCUT2D eigenvalue weighted by Crippen LogP contribution is 2.45.